The minimum atomic E-state index is -0.616. The zero-order valence-corrected chi connectivity index (χ0v) is 13.4. The summed E-state index contributed by atoms with van der Waals surface area (Å²) < 4.78 is 14.0. The van der Waals surface area contributed by atoms with Crippen molar-refractivity contribution in [3.63, 3.8) is 0 Å². The fourth-order valence-electron chi connectivity index (χ4n) is 2.76. The molecule has 1 aromatic carbocycles. The van der Waals surface area contributed by atoms with E-state index in [9.17, 15) is 10.1 Å². The van der Waals surface area contributed by atoms with Crippen molar-refractivity contribution in [1.29, 1.82) is 0 Å². The molecule has 0 spiro atoms. The van der Waals surface area contributed by atoms with Crippen LogP contribution in [0.15, 0.2) is 24.4 Å². The number of nitro groups is 1. The Hall–Kier alpha value is -1.86. The number of non-ortho nitro benzene ring substituents is 1. The first-order chi connectivity index (χ1) is 10.1. The van der Waals surface area contributed by atoms with Crippen LogP contribution in [0.3, 0.4) is 0 Å². The van der Waals surface area contributed by atoms with Crippen LogP contribution in [0, 0.1) is 10.1 Å². The molecule has 0 amide bonds. The Kier molecular flexibility index (Phi) is 3.13. The van der Waals surface area contributed by atoms with Crippen molar-refractivity contribution in [3.05, 3.63) is 34.5 Å². The molecule has 0 aliphatic carbocycles. The summed E-state index contributed by atoms with van der Waals surface area (Å²) in [6, 6.07) is 5.06. The molecule has 2 heterocycles. The van der Waals surface area contributed by atoms with E-state index in [1.54, 1.807) is 6.07 Å². The molecule has 116 valence electrons. The molecule has 1 aromatic heterocycles. The predicted octanol–water partition coefficient (Wildman–Crippen LogP) is 2.39. The molecule has 1 aliphatic rings. The van der Waals surface area contributed by atoms with Crippen LogP contribution in [0.5, 0.6) is 0 Å². The van der Waals surface area contributed by atoms with Gasteiger partial charge in [-0.1, -0.05) is 6.07 Å². The Balaban J connectivity index is 2.19. The highest BCUT2D eigenvalue weighted by molar-refractivity contribution is 6.65. The van der Waals surface area contributed by atoms with Crippen LogP contribution < -0.4 is 5.46 Å². The Labute approximate surface area is 129 Å². The standard InChI is InChI=1S/C15H19BN2O4/c1-14(2)15(3,4)22-16(21-14)10-9-17(5)11-7-6-8-12(13(10)11)18(19)20/h6-9H,1-5H3. The number of benzene rings is 1. The minimum Gasteiger partial charge on any atom is -0.399 e. The van der Waals surface area contributed by atoms with E-state index in [-0.39, 0.29) is 10.6 Å². The molecule has 0 saturated carbocycles. The zero-order valence-electron chi connectivity index (χ0n) is 13.4. The Morgan fingerprint density at radius 3 is 2.32 bits per heavy atom. The molecule has 3 rings (SSSR count). The second kappa shape index (κ2) is 4.57. The van der Waals surface area contributed by atoms with Crippen molar-refractivity contribution in [2.45, 2.75) is 38.9 Å². The molecule has 0 radical (unpaired) electrons. The number of rotatable bonds is 2. The molecule has 0 atom stereocenters. The second-order valence-corrected chi connectivity index (χ2v) is 6.71. The van der Waals surface area contributed by atoms with Crippen LogP contribution in [0.1, 0.15) is 27.7 Å². The third-order valence-electron chi connectivity index (χ3n) is 4.73. The monoisotopic (exact) mass is 302 g/mol. The summed E-state index contributed by atoms with van der Waals surface area (Å²) in [5.41, 5.74) is 0.595. The summed E-state index contributed by atoms with van der Waals surface area (Å²) in [6.07, 6.45) is 1.85. The number of hydrogen-bond donors (Lipinski definition) is 0. The van der Waals surface area contributed by atoms with Gasteiger partial charge < -0.3 is 13.9 Å². The first kappa shape index (κ1) is 15.1. The highest BCUT2D eigenvalue weighted by atomic mass is 16.7. The summed E-state index contributed by atoms with van der Waals surface area (Å²) >= 11 is 0. The van der Waals surface area contributed by atoms with Crippen LogP contribution in [0.25, 0.3) is 10.9 Å². The van der Waals surface area contributed by atoms with E-state index in [0.717, 1.165) is 5.52 Å². The lowest BCUT2D eigenvalue weighted by atomic mass is 9.78. The maximum atomic E-state index is 11.4. The first-order valence-electron chi connectivity index (χ1n) is 7.22. The van der Waals surface area contributed by atoms with Gasteiger partial charge in [0, 0.05) is 24.8 Å². The van der Waals surface area contributed by atoms with E-state index in [1.807, 2.05) is 51.6 Å². The number of hydrogen-bond acceptors (Lipinski definition) is 4. The fraction of sp³-hybridized carbons (Fsp3) is 0.467. The Bertz CT molecular complexity index is 750. The van der Waals surface area contributed by atoms with Crippen LogP contribution in [-0.2, 0) is 16.4 Å². The topological polar surface area (TPSA) is 66.5 Å². The van der Waals surface area contributed by atoms with Gasteiger partial charge in [0.05, 0.1) is 27.0 Å². The Morgan fingerprint density at radius 2 is 1.77 bits per heavy atom. The molecule has 0 N–H and O–H groups in total. The van der Waals surface area contributed by atoms with Crippen molar-refractivity contribution < 1.29 is 14.2 Å². The molecule has 0 bridgehead atoms. The molecule has 0 unspecified atom stereocenters. The quantitative estimate of drug-likeness (QED) is 0.485. The average molecular weight is 302 g/mol. The second-order valence-electron chi connectivity index (χ2n) is 6.71. The number of fused-ring (bicyclic) bond motifs is 1. The SMILES string of the molecule is Cn1cc(B2OC(C)(C)C(C)(C)O2)c2c([N+](=O)[O-])cccc21. The van der Waals surface area contributed by atoms with Gasteiger partial charge in [-0.15, -0.1) is 0 Å². The lowest BCUT2D eigenvalue weighted by Crippen LogP contribution is -2.41. The molecule has 1 saturated heterocycles. The van der Waals surface area contributed by atoms with Crippen LogP contribution in [0.4, 0.5) is 5.69 Å². The van der Waals surface area contributed by atoms with E-state index >= 15 is 0 Å². The van der Waals surface area contributed by atoms with Gasteiger partial charge in [0.15, 0.2) is 0 Å². The van der Waals surface area contributed by atoms with Gasteiger partial charge in [0.25, 0.3) is 5.69 Å². The van der Waals surface area contributed by atoms with Gasteiger partial charge in [0.1, 0.15) is 0 Å². The lowest BCUT2D eigenvalue weighted by molar-refractivity contribution is -0.383. The normalized spacial score (nSPS) is 19.8. The molecular weight excluding hydrogens is 283 g/mol. The maximum Gasteiger partial charge on any atom is 0.497 e. The predicted molar refractivity (Wildman–Crippen MR) is 85.3 cm³/mol. The molecular formula is C15H19BN2O4. The van der Waals surface area contributed by atoms with Crippen molar-refractivity contribution in [2.75, 3.05) is 0 Å². The van der Waals surface area contributed by atoms with E-state index < -0.39 is 18.3 Å². The first-order valence-corrected chi connectivity index (χ1v) is 7.22. The molecule has 1 aliphatic heterocycles. The maximum absolute atomic E-state index is 11.4. The van der Waals surface area contributed by atoms with E-state index in [2.05, 4.69) is 0 Å². The van der Waals surface area contributed by atoms with Gasteiger partial charge in [-0.05, 0) is 33.8 Å². The van der Waals surface area contributed by atoms with E-state index in [0.29, 0.717) is 10.8 Å². The largest absolute Gasteiger partial charge is 0.497 e. The smallest absolute Gasteiger partial charge is 0.399 e. The molecule has 2 aromatic rings. The summed E-state index contributed by atoms with van der Waals surface area (Å²) in [4.78, 5) is 11.0. The minimum absolute atomic E-state index is 0.0720. The zero-order chi connectivity index (χ0) is 16.3. The van der Waals surface area contributed by atoms with Gasteiger partial charge in [0.2, 0.25) is 0 Å². The van der Waals surface area contributed by atoms with Crippen molar-refractivity contribution in [2.24, 2.45) is 7.05 Å². The van der Waals surface area contributed by atoms with Gasteiger partial charge >= 0.3 is 7.12 Å². The molecule has 6 nitrogen and oxygen atoms in total. The fourth-order valence-corrected chi connectivity index (χ4v) is 2.76. The summed E-state index contributed by atoms with van der Waals surface area (Å²) in [6.45, 7) is 7.86. The third kappa shape index (κ3) is 2.04. The average Bonchev–Trinajstić information content (AvgIpc) is 2.84. The van der Waals surface area contributed by atoms with Gasteiger partial charge in [-0.25, -0.2) is 0 Å². The van der Waals surface area contributed by atoms with Gasteiger partial charge in [-0.2, -0.15) is 0 Å². The molecule has 1 fully saturated rings. The summed E-state index contributed by atoms with van der Waals surface area (Å²) in [7, 11) is 1.25. The van der Waals surface area contributed by atoms with E-state index in [4.69, 9.17) is 9.31 Å². The van der Waals surface area contributed by atoms with Gasteiger partial charge in [-0.3, -0.25) is 10.1 Å². The van der Waals surface area contributed by atoms with Crippen LogP contribution in [-0.4, -0.2) is 27.8 Å². The molecule has 22 heavy (non-hydrogen) atoms. The third-order valence-corrected chi connectivity index (χ3v) is 4.73. The highest BCUT2D eigenvalue weighted by Gasteiger charge is 2.52. The Morgan fingerprint density at radius 1 is 1.18 bits per heavy atom. The lowest BCUT2D eigenvalue weighted by Gasteiger charge is -2.32. The highest BCUT2D eigenvalue weighted by Crippen LogP contribution is 2.37. The van der Waals surface area contributed by atoms with Crippen molar-refractivity contribution in [1.82, 2.24) is 4.57 Å². The number of nitrogens with zero attached hydrogens (tertiary/aromatic N) is 2. The summed E-state index contributed by atoms with van der Waals surface area (Å²) in [5, 5.41) is 11.9. The summed E-state index contributed by atoms with van der Waals surface area (Å²) in [5.74, 6) is 0. The van der Waals surface area contributed by atoms with Crippen molar-refractivity contribution in [3.8, 4) is 0 Å². The number of aromatic nitrogens is 1. The van der Waals surface area contributed by atoms with Crippen LogP contribution >= 0.6 is 0 Å². The molecule has 7 heteroatoms. The van der Waals surface area contributed by atoms with Crippen LogP contribution in [0.2, 0.25) is 0 Å². The number of aryl methyl sites for hydroxylation is 1. The van der Waals surface area contributed by atoms with Crippen molar-refractivity contribution >= 4 is 29.2 Å². The number of nitro benzene ring substituents is 1. The van der Waals surface area contributed by atoms with E-state index in [1.165, 1.54) is 6.07 Å².